The van der Waals surface area contributed by atoms with Crippen molar-refractivity contribution in [2.75, 3.05) is 0 Å². The molecule has 0 aliphatic carbocycles. The first-order valence-electron chi connectivity index (χ1n) is 1.80. The maximum atomic E-state index is 6.57. The van der Waals surface area contributed by atoms with E-state index in [4.69, 9.17) is 1.12 Å². The molecule has 0 nitrogen and oxygen atoms in total. The highest BCUT2D eigenvalue weighted by molar-refractivity contribution is 8.10. The van der Waals surface area contributed by atoms with Gasteiger partial charge in [0.1, 0.15) is 0 Å². The average molecular weight is 75.0 g/mol. The van der Waals surface area contributed by atoms with E-state index in [2.05, 4.69) is 0 Å². The van der Waals surface area contributed by atoms with Crippen LogP contribution < -0.4 is 0 Å². The predicted octanol–water partition coefficient (Wildman–Crippen LogP) is 1.17. The van der Waals surface area contributed by atoms with Crippen LogP contribution in [0.25, 0.3) is 0 Å². The molecule has 0 rings (SSSR count). The molecular formula is C2H7BS. The summed E-state index contributed by atoms with van der Waals surface area (Å²) in [4.78, 5) is 0. The van der Waals surface area contributed by atoms with Gasteiger partial charge in [-0.15, -0.1) is 0 Å². The minimum Gasteiger partial charge on any atom is -0.227 e. The number of rotatable bonds is 1. The van der Waals surface area contributed by atoms with Crippen molar-refractivity contribution in [2.45, 2.75) is 13.6 Å². The predicted molar refractivity (Wildman–Crippen MR) is 26.5 cm³/mol. The molecule has 0 unspecified atom stereocenters. The van der Waals surface area contributed by atoms with Crippen LogP contribution in [0.3, 0.4) is 0 Å². The topological polar surface area (TPSA) is 0 Å². The van der Waals surface area contributed by atoms with Crippen LogP contribution in [0.2, 0.25) is 13.6 Å². The van der Waals surface area contributed by atoms with Crippen molar-refractivity contribution in [3.8, 4) is 0 Å². The summed E-state index contributed by atoms with van der Waals surface area (Å²) in [6, 6.07) is 0. The third kappa shape index (κ3) is 28.1. The van der Waals surface area contributed by atoms with E-state index >= 15 is 0 Å². The smallest absolute Gasteiger partial charge is 0.198 e. The van der Waals surface area contributed by atoms with E-state index in [-0.39, 0.29) is 0 Å². The lowest BCUT2D eigenvalue weighted by Gasteiger charge is -1.70. The molecular weight excluding hydrogens is 66.9 g/mol. The van der Waals surface area contributed by atoms with E-state index in [0.717, 1.165) is 12.4 Å². The Bertz CT molecular complexity index is 23.6. The second-order valence-electron chi connectivity index (χ2n) is 1.05. The summed E-state index contributed by atoms with van der Waals surface area (Å²) in [5.41, 5.74) is 0. The molecule has 2 heteroatoms. The molecule has 0 aliphatic rings. The second-order valence-corrected chi connectivity index (χ2v) is 1.99. The van der Waals surface area contributed by atoms with Gasteiger partial charge in [-0.2, -0.15) is 0 Å². The molecule has 0 saturated carbocycles. The Balaban J connectivity index is 2.54. The summed E-state index contributed by atoms with van der Waals surface area (Å²) in [5.74, 6) is 0.468. The summed E-state index contributed by atoms with van der Waals surface area (Å²) in [5, 5.41) is 0. The van der Waals surface area contributed by atoms with Crippen molar-refractivity contribution in [3.63, 3.8) is 0 Å². The SMILES string of the molecule is [2H]SB(C)C. The summed E-state index contributed by atoms with van der Waals surface area (Å²) < 4.78 is 6.57. The first-order chi connectivity index (χ1) is 2.27. The van der Waals surface area contributed by atoms with Crippen molar-refractivity contribution in [3.05, 3.63) is 0 Å². The van der Waals surface area contributed by atoms with Gasteiger partial charge in [-0.1, -0.05) is 13.6 Å². The number of hydrogen-bond donors (Lipinski definition) is 1. The maximum absolute atomic E-state index is 6.57. The standard InChI is InChI=1S/C2H7BS/c1-3(2)4/h4H,1-2H3/i4D. The Kier molecular flexibility index (Phi) is 1.13. The normalized spacial score (nSPS) is 10.0. The Morgan fingerprint density at radius 3 is 2.25 bits per heavy atom. The van der Waals surface area contributed by atoms with Gasteiger partial charge >= 0.3 is 0 Å². The zero-order valence-corrected chi connectivity index (χ0v) is 3.80. The van der Waals surface area contributed by atoms with Crippen LogP contribution in [0.4, 0.5) is 0 Å². The molecule has 0 amide bonds. The quantitative estimate of drug-likeness (QED) is 0.351. The van der Waals surface area contributed by atoms with Crippen LogP contribution in [-0.4, -0.2) is 7.12 Å². The molecule has 0 saturated heterocycles. The van der Waals surface area contributed by atoms with Crippen LogP contribution >= 0.6 is 12.4 Å². The molecule has 0 bridgehead atoms. The number of thiol groups is 1. The first kappa shape index (κ1) is 2.64. The summed E-state index contributed by atoms with van der Waals surface area (Å²) >= 11 is 1.13. The zero-order chi connectivity index (χ0) is 4.28. The lowest BCUT2D eigenvalue weighted by atomic mass is 9.84. The Morgan fingerprint density at radius 2 is 2.25 bits per heavy atom. The van der Waals surface area contributed by atoms with Crippen LogP contribution in [0.5, 0.6) is 0 Å². The fourth-order valence-electron chi connectivity index (χ4n) is 0. The highest BCUT2D eigenvalue weighted by Gasteiger charge is 1.78. The molecule has 24 valence electrons. The average Bonchev–Trinajstić information content (AvgIpc) is 1.38. The summed E-state index contributed by atoms with van der Waals surface area (Å²) in [6.07, 6.45) is 0. The third-order valence-corrected chi connectivity index (χ3v) is 0. The van der Waals surface area contributed by atoms with Gasteiger partial charge in [-0.05, 0) is 0 Å². The molecule has 0 aromatic rings. The Morgan fingerprint density at radius 1 is 2.00 bits per heavy atom. The molecule has 0 atom stereocenters. The fraction of sp³-hybridized carbons (Fsp3) is 1.00. The second kappa shape index (κ2) is 1.71. The molecule has 0 spiro atoms. The Hall–Kier alpha value is 0.415. The van der Waals surface area contributed by atoms with Crippen molar-refractivity contribution in [2.24, 2.45) is 0 Å². The minimum atomic E-state index is 0.468. The van der Waals surface area contributed by atoms with Gasteiger partial charge < -0.3 is 0 Å². The van der Waals surface area contributed by atoms with E-state index in [1.165, 1.54) is 0 Å². The molecule has 0 radical (unpaired) electrons. The molecule has 0 aliphatic heterocycles. The van der Waals surface area contributed by atoms with E-state index in [1.807, 2.05) is 13.6 Å². The van der Waals surface area contributed by atoms with Gasteiger partial charge in [-0.3, -0.25) is 0 Å². The van der Waals surface area contributed by atoms with E-state index in [1.54, 1.807) is 0 Å². The number of hydrogen-bond acceptors (Lipinski definition) is 1. The van der Waals surface area contributed by atoms with Crippen LogP contribution in [0.1, 0.15) is 0 Å². The van der Waals surface area contributed by atoms with Gasteiger partial charge in [-0.25, -0.2) is 12.4 Å². The summed E-state index contributed by atoms with van der Waals surface area (Å²) in [7, 11) is 0. The van der Waals surface area contributed by atoms with Gasteiger partial charge in [0, 0.05) is 0 Å². The van der Waals surface area contributed by atoms with E-state index in [9.17, 15) is 0 Å². The van der Waals surface area contributed by atoms with Gasteiger partial charge in [0.15, 0.2) is 5.99 Å². The van der Waals surface area contributed by atoms with Crippen LogP contribution in [-0.2, 0) is 0 Å². The van der Waals surface area contributed by atoms with E-state index < -0.39 is 0 Å². The van der Waals surface area contributed by atoms with Gasteiger partial charge in [0.25, 0.3) is 0 Å². The molecule has 0 aromatic carbocycles. The van der Waals surface area contributed by atoms with Crippen molar-refractivity contribution < 1.29 is 0 Å². The van der Waals surface area contributed by atoms with Gasteiger partial charge in [0.05, 0.1) is 1.12 Å². The van der Waals surface area contributed by atoms with Crippen LogP contribution in [0.15, 0.2) is 0 Å². The lowest BCUT2D eigenvalue weighted by molar-refractivity contribution is 2.12. The van der Waals surface area contributed by atoms with E-state index in [0.29, 0.717) is 5.99 Å². The fourth-order valence-corrected chi connectivity index (χ4v) is 0. The third-order valence-electron chi connectivity index (χ3n) is 0. The molecule has 0 aromatic heterocycles. The highest BCUT2D eigenvalue weighted by atomic mass is 32.1. The first-order valence-corrected chi connectivity index (χ1v) is 1.86. The maximum Gasteiger partial charge on any atom is 0.198 e. The molecule has 0 N–H and O–H groups in total. The molecule has 0 heterocycles. The zero-order valence-electron chi connectivity index (χ0n) is 3.99. The lowest BCUT2D eigenvalue weighted by Crippen LogP contribution is -1.79. The molecule has 0 fully saturated rings. The van der Waals surface area contributed by atoms with Crippen molar-refractivity contribution in [1.82, 2.24) is 0 Å². The van der Waals surface area contributed by atoms with Crippen LogP contribution in [0, 0.1) is 0 Å². The minimum absolute atomic E-state index is 0.468. The Labute approximate surface area is 34.1 Å². The van der Waals surface area contributed by atoms with Gasteiger partial charge in [0.2, 0.25) is 0 Å². The van der Waals surface area contributed by atoms with Crippen molar-refractivity contribution >= 4 is 18.4 Å². The monoisotopic (exact) mass is 75.0 g/mol. The van der Waals surface area contributed by atoms with Crippen molar-refractivity contribution in [1.29, 1.82) is 1.12 Å². The highest BCUT2D eigenvalue weighted by Crippen LogP contribution is 1.78. The largest absolute Gasteiger partial charge is 0.227 e. The molecule has 4 heavy (non-hydrogen) atoms. The summed E-state index contributed by atoms with van der Waals surface area (Å²) in [6.45, 7) is 4.00.